The van der Waals surface area contributed by atoms with Crippen LogP contribution in [0.25, 0.3) is 0 Å². The minimum Gasteiger partial charge on any atom is -0.337 e. The highest BCUT2D eigenvalue weighted by molar-refractivity contribution is 7.11. The van der Waals surface area contributed by atoms with Crippen LogP contribution in [0.15, 0.2) is 11.6 Å². The third-order valence-electron chi connectivity index (χ3n) is 2.63. The van der Waals surface area contributed by atoms with Crippen LogP contribution in [0.4, 0.5) is 0 Å². The first-order valence-electron chi connectivity index (χ1n) is 4.95. The summed E-state index contributed by atoms with van der Waals surface area (Å²) >= 11 is 1.36. The van der Waals surface area contributed by atoms with Crippen LogP contribution in [0.1, 0.15) is 22.6 Å². The Morgan fingerprint density at radius 3 is 2.80 bits per heavy atom. The van der Waals surface area contributed by atoms with Crippen LogP contribution in [0.2, 0.25) is 0 Å². The molecule has 2 heterocycles. The van der Waals surface area contributed by atoms with E-state index in [0.717, 1.165) is 19.1 Å². The lowest BCUT2D eigenvalue weighted by Crippen LogP contribution is -2.38. The van der Waals surface area contributed by atoms with Crippen LogP contribution >= 0.6 is 11.3 Å². The van der Waals surface area contributed by atoms with E-state index in [1.807, 2.05) is 0 Å². The van der Waals surface area contributed by atoms with Gasteiger partial charge in [-0.3, -0.25) is 4.79 Å². The quantitative estimate of drug-likeness (QED) is 0.709. The van der Waals surface area contributed by atoms with E-state index in [1.165, 1.54) is 11.3 Å². The van der Waals surface area contributed by atoms with Gasteiger partial charge in [-0.05, 0) is 12.8 Å². The monoisotopic (exact) mass is 224 g/mol. The fourth-order valence-corrected chi connectivity index (χ4v) is 2.31. The molecule has 5 heteroatoms. The second-order valence-electron chi connectivity index (χ2n) is 3.60. The average molecular weight is 224 g/mol. The van der Waals surface area contributed by atoms with Crippen LogP contribution in [0.5, 0.6) is 0 Å². The van der Waals surface area contributed by atoms with Crippen LogP contribution < -0.4 is 0 Å². The molecule has 0 atom stereocenters. The summed E-state index contributed by atoms with van der Waals surface area (Å²) in [7, 11) is 0. The van der Waals surface area contributed by atoms with E-state index in [9.17, 15) is 9.59 Å². The molecule has 80 valence electrons. The Labute approximate surface area is 91.9 Å². The molecule has 1 aliphatic heterocycles. The van der Waals surface area contributed by atoms with Crippen molar-refractivity contribution in [3.8, 4) is 0 Å². The summed E-state index contributed by atoms with van der Waals surface area (Å²) in [5.74, 6) is 0.125. The maximum Gasteiger partial charge on any atom is 0.282 e. The molecule has 0 aromatic carbocycles. The highest BCUT2D eigenvalue weighted by Crippen LogP contribution is 2.17. The highest BCUT2D eigenvalue weighted by Gasteiger charge is 2.24. The normalized spacial score (nSPS) is 17.7. The Hall–Kier alpha value is -1.23. The standard InChI is InChI=1S/C10H12N2O2S/c13-7-8-1-4-12(5-2-8)10(14)9-11-3-6-15-9/h3,6-8H,1-2,4-5H2. The van der Waals surface area contributed by atoms with Crippen molar-refractivity contribution < 1.29 is 9.59 Å². The van der Waals surface area contributed by atoms with Gasteiger partial charge in [-0.1, -0.05) is 0 Å². The fraction of sp³-hybridized carbons (Fsp3) is 0.500. The molecule has 0 saturated carbocycles. The Balaban J connectivity index is 1.96. The smallest absolute Gasteiger partial charge is 0.282 e. The van der Waals surface area contributed by atoms with E-state index in [0.29, 0.717) is 18.1 Å². The average Bonchev–Trinajstić information content (AvgIpc) is 2.82. The van der Waals surface area contributed by atoms with Gasteiger partial charge in [0.25, 0.3) is 5.91 Å². The number of hydrogen-bond acceptors (Lipinski definition) is 4. The topological polar surface area (TPSA) is 50.3 Å². The van der Waals surface area contributed by atoms with E-state index < -0.39 is 0 Å². The molecule has 0 bridgehead atoms. The number of amides is 1. The first-order chi connectivity index (χ1) is 7.31. The van der Waals surface area contributed by atoms with Crippen molar-refractivity contribution in [2.24, 2.45) is 5.92 Å². The lowest BCUT2D eigenvalue weighted by Gasteiger charge is -2.28. The Morgan fingerprint density at radius 2 is 2.27 bits per heavy atom. The minimum absolute atomic E-state index is 0.00523. The van der Waals surface area contributed by atoms with Crippen LogP contribution in [-0.4, -0.2) is 35.2 Å². The summed E-state index contributed by atoms with van der Waals surface area (Å²) in [5, 5.41) is 2.34. The number of aromatic nitrogens is 1. The van der Waals surface area contributed by atoms with E-state index in [2.05, 4.69) is 4.98 Å². The van der Waals surface area contributed by atoms with E-state index in [4.69, 9.17) is 0 Å². The number of hydrogen-bond donors (Lipinski definition) is 0. The van der Waals surface area contributed by atoms with Gasteiger partial charge in [-0.25, -0.2) is 4.98 Å². The van der Waals surface area contributed by atoms with E-state index >= 15 is 0 Å². The summed E-state index contributed by atoms with van der Waals surface area (Å²) in [6.07, 6.45) is 4.18. The summed E-state index contributed by atoms with van der Waals surface area (Å²) in [6.45, 7) is 1.34. The van der Waals surface area contributed by atoms with Gasteiger partial charge in [0.15, 0.2) is 5.01 Å². The van der Waals surface area contributed by atoms with Gasteiger partial charge in [-0.2, -0.15) is 0 Å². The number of likely N-dealkylation sites (tertiary alicyclic amines) is 1. The summed E-state index contributed by atoms with van der Waals surface area (Å²) in [4.78, 5) is 28.2. The van der Waals surface area contributed by atoms with Crippen LogP contribution in [-0.2, 0) is 4.79 Å². The van der Waals surface area contributed by atoms with Crippen molar-refractivity contribution in [2.75, 3.05) is 13.1 Å². The lowest BCUT2D eigenvalue weighted by molar-refractivity contribution is -0.112. The number of carbonyl (C=O) groups is 2. The first kappa shape index (κ1) is 10.3. The third kappa shape index (κ3) is 2.23. The van der Waals surface area contributed by atoms with E-state index in [-0.39, 0.29) is 11.8 Å². The third-order valence-corrected chi connectivity index (χ3v) is 3.40. The van der Waals surface area contributed by atoms with Gasteiger partial charge in [-0.15, -0.1) is 11.3 Å². The summed E-state index contributed by atoms with van der Waals surface area (Å²) in [5.41, 5.74) is 0. The second-order valence-corrected chi connectivity index (χ2v) is 4.50. The zero-order valence-corrected chi connectivity index (χ0v) is 9.07. The molecule has 0 aliphatic carbocycles. The zero-order valence-electron chi connectivity index (χ0n) is 8.26. The predicted molar refractivity (Wildman–Crippen MR) is 56.8 cm³/mol. The molecule has 1 fully saturated rings. The zero-order chi connectivity index (χ0) is 10.7. The second kappa shape index (κ2) is 4.53. The molecule has 0 spiro atoms. The molecule has 2 rings (SSSR count). The van der Waals surface area contributed by atoms with Crippen molar-refractivity contribution in [3.05, 3.63) is 16.6 Å². The van der Waals surface area contributed by atoms with Gasteiger partial charge in [0.2, 0.25) is 0 Å². The molecule has 1 aromatic heterocycles. The number of piperidine rings is 1. The maximum absolute atomic E-state index is 11.8. The molecule has 15 heavy (non-hydrogen) atoms. The molecule has 0 N–H and O–H groups in total. The van der Waals surface area contributed by atoms with Gasteiger partial charge in [0.05, 0.1) is 0 Å². The number of thiazole rings is 1. The molecular formula is C10H12N2O2S. The molecular weight excluding hydrogens is 212 g/mol. The first-order valence-corrected chi connectivity index (χ1v) is 5.83. The van der Waals surface area contributed by atoms with Crippen molar-refractivity contribution >= 4 is 23.5 Å². The molecule has 1 amide bonds. The number of nitrogens with zero attached hydrogens (tertiary/aromatic N) is 2. The largest absolute Gasteiger partial charge is 0.337 e. The van der Waals surface area contributed by atoms with Crippen molar-refractivity contribution in [1.29, 1.82) is 0 Å². The van der Waals surface area contributed by atoms with Crippen LogP contribution in [0.3, 0.4) is 0 Å². The minimum atomic E-state index is -0.00523. The lowest BCUT2D eigenvalue weighted by atomic mass is 9.99. The molecule has 1 aliphatic rings. The van der Waals surface area contributed by atoms with Gasteiger partial charge in [0.1, 0.15) is 6.29 Å². The Kier molecular flexibility index (Phi) is 3.11. The van der Waals surface area contributed by atoms with Gasteiger partial charge in [0, 0.05) is 30.6 Å². The Bertz CT molecular complexity index is 342. The Morgan fingerprint density at radius 1 is 1.53 bits per heavy atom. The summed E-state index contributed by atoms with van der Waals surface area (Å²) in [6, 6.07) is 0. The molecule has 1 aromatic rings. The van der Waals surface area contributed by atoms with Gasteiger partial charge < -0.3 is 9.69 Å². The number of carbonyl (C=O) groups excluding carboxylic acids is 2. The SMILES string of the molecule is O=CC1CCN(C(=O)c2nccs2)CC1. The molecule has 4 nitrogen and oxygen atoms in total. The highest BCUT2D eigenvalue weighted by atomic mass is 32.1. The number of aldehydes is 1. The van der Waals surface area contributed by atoms with Crippen molar-refractivity contribution in [3.63, 3.8) is 0 Å². The fourth-order valence-electron chi connectivity index (χ4n) is 1.70. The number of rotatable bonds is 2. The molecule has 1 saturated heterocycles. The molecule has 0 unspecified atom stereocenters. The van der Waals surface area contributed by atoms with Crippen LogP contribution in [0, 0.1) is 5.92 Å². The van der Waals surface area contributed by atoms with Gasteiger partial charge >= 0.3 is 0 Å². The molecule has 0 radical (unpaired) electrons. The summed E-state index contributed by atoms with van der Waals surface area (Å²) < 4.78 is 0. The predicted octanol–water partition coefficient (Wildman–Crippen LogP) is 1.19. The maximum atomic E-state index is 11.8. The van der Waals surface area contributed by atoms with E-state index in [1.54, 1.807) is 16.5 Å². The van der Waals surface area contributed by atoms with Crippen molar-refractivity contribution in [2.45, 2.75) is 12.8 Å². The van der Waals surface area contributed by atoms with Crippen molar-refractivity contribution in [1.82, 2.24) is 9.88 Å².